The number of pyridine rings is 1. The standard InChI is InChI=1S/C23H28N4O3/c1-5-26(6-2)13-14-30-23(29)18-7-9-19(10-8-18)25-22(28)21-17(4)24-20-15-16(3)11-12-27(20)21/h7-12,15H,5-6,13-14H2,1-4H3,(H,25,28). The van der Waals surface area contributed by atoms with Crippen LogP contribution in [0.4, 0.5) is 5.69 Å². The van der Waals surface area contributed by atoms with Crippen molar-refractivity contribution in [1.29, 1.82) is 0 Å². The number of carbonyl (C=O) groups excluding carboxylic acids is 2. The molecule has 7 heteroatoms. The van der Waals surface area contributed by atoms with Crippen molar-refractivity contribution in [3.63, 3.8) is 0 Å². The number of ether oxygens (including phenoxy) is 1. The molecule has 0 fully saturated rings. The van der Waals surface area contributed by atoms with Gasteiger partial charge < -0.3 is 15.0 Å². The van der Waals surface area contributed by atoms with Crippen LogP contribution in [0.15, 0.2) is 42.6 Å². The first-order valence-electron chi connectivity index (χ1n) is 10.2. The Balaban J connectivity index is 1.64. The highest BCUT2D eigenvalue weighted by molar-refractivity contribution is 6.04. The van der Waals surface area contributed by atoms with E-state index < -0.39 is 0 Å². The Labute approximate surface area is 176 Å². The normalized spacial score (nSPS) is 11.1. The molecule has 0 saturated carbocycles. The van der Waals surface area contributed by atoms with E-state index in [1.54, 1.807) is 28.7 Å². The van der Waals surface area contributed by atoms with Crippen molar-refractivity contribution in [3.8, 4) is 0 Å². The van der Waals surface area contributed by atoms with Crippen LogP contribution in [0.5, 0.6) is 0 Å². The maximum atomic E-state index is 12.8. The van der Waals surface area contributed by atoms with E-state index >= 15 is 0 Å². The van der Waals surface area contributed by atoms with E-state index in [9.17, 15) is 9.59 Å². The van der Waals surface area contributed by atoms with Gasteiger partial charge in [0.1, 0.15) is 17.9 Å². The van der Waals surface area contributed by atoms with E-state index in [0.29, 0.717) is 35.8 Å². The fourth-order valence-electron chi connectivity index (χ4n) is 3.31. The van der Waals surface area contributed by atoms with Crippen molar-refractivity contribution in [1.82, 2.24) is 14.3 Å². The third-order valence-electron chi connectivity index (χ3n) is 5.08. The van der Waals surface area contributed by atoms with Gasteiger partial charge in [-0.25, -0.2) is 9.78 Å². The number of nitrogens with one attached hydrogen (secondary N) is 1. The molecule has 0 aliphatic rings. The van der Waals surface area contributed by atoms with E-state index in [4.69, 9.17) is 4.74 Å². The van der Waals surface area contributed by atoms with Crippen molar-refractivity contribution < 1.29 is 14.3 Å². The third-order valence-corrected chi connectivity index (χ3v) is 5.08. The molecule has 158 valence electrons. The highest BCUT2D eigenvalue weighted by Gasteiger charge is 2.17. The summed E-state index contributed by atoms with van der Waals surface area (Å²) in [6.45, 7) is 10.9. The van der Waals surface area contributed by atoms with Gasteiger partial charge in [0.15, 0.2) is 0 Å². The number of hydrogen-bond acceptors (Lipinski definition) is 5. The lowest BCUT2D eigenvalue weighted by Gasteiger charge is -2.17. The fraction of sp³-hybridized carbons (Fsp3) is 0.348. The topological polar surface area (TPSA) is 75.9 Å². The first-order valence-corrected chi connectivity index (χ1v) is 10.2. The summed E-state index contributed by atoms with van der Waals surface area (Å²) in [5.41, 5.74) is 4.02. The Hall–Kier alpha value is -3.19. The molecule has 3 rings (SSSR count). The monoisotopic (exact) mass is 408 g/mol. The molecule has 0 radical (unpaired) electrons. The van der Waals surface area contributed by atoms with Gasteiger partial charge in [-0.05, 0) is 68.9 Å². The smallest absolute Gasteiger partial charge is 0.338 e. The molecule has 30 heavy (non-hydrogen) atoms. The van der Waals surface area contributed by atoms with Crippen LogP contribution in [0.2, 0.25) is 0 Å². The maximum absolute atomic E-state index is 12.8. The van der Waals surface area contributed by atoms with Crippen LogP contribution < -0.4 is 5.32 Å². The zero-order valence-electron chi connectivity index (χ0n) is 17.9. The number of amides is 1. The van der Waals surface area contributed by atoms with E-state index in [2.05, 4.69) is 29.0 Å². The zero-order chi connectivity index (χ0) is 21.7. The molecule has 0 unspecified atom stereocenters. The summed E-state index contributed by atoms with van der Waals surface area (Å²) < 4.78 is 7.11. The number of aryl methyl sites for hydroxylation is 2. The molecule has 2 heterocycles. The Morgan fingerprint density at radius 2 is 1.80 bits per heavy atom. The second-order valence-corrected chi connectivity index (χ2v) is 7.17. The molecular formula is C23H28N4O3. The third kappa shape index (κ3) is 4.86. The maximum Gasteiger partial charge on any atom is 0.338 e. The van der Waals surface area contributed by atoms with Crippen LogP contribution in [0.25, 0.3) is 5.65 Å². The van der Waals surface area contributed by atoms with Gasteiger partial charge in [-0.15, -0.1) is 0 Å². The van der Waals surface area contributed by atoms with Gasteiger partial charge in [-0.2, -0.15) is 0 Å². The van der Waals surface area contributed by atoms with Gasteiger partial charge >= 0.3 is 5.97 Å². The number of likely N-dealkylation sites (N-methyl/N-ethyl adjacent to an activating group) is 1. The summed E-state index contributed by atoms with van der Waals surface area (Å²) >= 11 is 0. The molecule has 2 aromatic heterocycles. The average molecular weight is 409 g/mol. The Kier molecular flexibility index (Phi) is 6.84. The predicted octanol–water partition coefficient (Wildman–Crippen LogP) is 3.70. The van der Waals surface area contributed by atoms with Gasteiger partial charge in [-0.1, -0.05) is 13.8 Å². The summed E-state index contributed by atoms with van der Waals surface area (Å²) in [6, 6.07) is 10.6. The number of hydrogen-bond donors (Lipinski definition) is 1. The van der Waals surface area contributed by atoms with Crippen LogP contribution in [0.3, 0.4) is 0 Å². The number of imidazole rings is 1. The lowest BCUT2D eigenvalue weighted by atomic mass is 10.2. The molecule has 0 spiro atoms. The quantitative estimate of drug-likeness (QED) is 0.575. The summed E-state index contributed by atoms with van der Waals surface area (Å²) in [6.07, 6.45) is 1.84. The molecule has 3 aromatic rings. The van der Waals surface area contributed by atoms with Gasteiger partial charge in [0.2, 0.25) is 0 Å². The van der Waals surface area contributed by atoms with E-state index in [-0.39, 0.29) is 11.9 Å². The highest BCUT2D eigenvalue weighted by Crippen LogP contribution is 2.17. The fourth-order valence-corrected chi connectivity index (χ4v) is 3.31. The first-order chi connectivity index (χ1) is 14.4. The second kappa shape index (κ2) is 9.54. The van der Waals surface area contributed by atoms with Crippen molar-refractivity contribution in [2.24, 2.45) is 0 Å². The molecule has 0 saturated heterocycles. The van der Waals surface area contributed by atoms with Crippen LogP contribution in [0, 0.1) is 13.8 Å². The Morgan fingerprint density at radius 1 is 1.10 bits per heavy atom. The summed E-state index contributed by atoms with van der Waals surface area (Å²) in [5, 5.41) is 2.87. The summed E-state index contributed by atoms with van der Waals surface area (Å²) in [5.74, 6) is -0.619. The van der Waals surface area contributed by atoms with Crippen molar-refractivity contribution in [3.05, 3.63) is 65.1 Å². The van der Waals surface area contributed by atoms with Crippen LogP contribution >= 0.6 is 0 Å². The van der Waals surface area contributed by atoms with Crippen molar-refractivity contribution in [2.45, 2.75) is 27.7 Å². The van der Waals surface area contributed by atoms with Gasteiger partial charge in [0, 0.05) is 18.4 Å². The Bertz CT molecular complexity index is 1040. The minimum Gasteiger partial charge on any atom is -0.461 e. The lowest BCUT2D eigenvalue weighted by molar-refractivity contribution is 0.0466. The van der Waals surface area contributed by atoms with E-state index in [1.807, 2.05) is 32.2 Å². The number of fused-ring (bicyclic) bond motifs is 1. The number of benzene rings is 1. The number of carbonyl (C=O) groups is 2. The predicted molar refractivity (Wildman–Crippen MR) is 117 cm³/mol. The largest absolute Gasteiger partial charge is 0.461 e. The number of nitrogens with zero attached hydrogens (tertiary/aromatic N) is 3. The number of aromatic nitrogens is 2. The minimum atomic E-state index is -0.368. The van der Waals surface area contributed by atoms with Crippen LogP contribution in [-0.2, 0) is 4.74 Å². The molecule has 0 atom stereocenters. The summed E-state index contributed by atoms with van der Waals surface area (Å²) in [7, 11) is 0. The number of rotatable bonds is 8. The minimum absolute atomic E-state index is 0.251. The van der Waals surface area contributed by atoms with Crippen molar-refractivity contribution >= 4 is 23.2 Å². The van der Waals surface area contributed by atoms with E-state index in [0.717, 1.165) is 24.3 Å². The van der Waals surface area contributed by atoms with Crippen molar-refractivity contribution in [2.75, 3.05) is 31.6 Å². The Morgan fingerprint density at radius 3 is 2.47 bits per heavy atom. The summed E-state index contributed by atoms with van der Waals surface area (Å²) in [4.78, 5) is 31.7. The molecule has 0 aliphatic heterocycles. The number of anilines is 1. The molecule has 0 bridgehead atoms. The van der Waals surface area contributed by atoms with Crippen LogP contribution in [-0.4, -0.2) is 52.4 Å². The first kappa shape index (κ1) is 21.5. The molecular weight excluding hydrogens is 380 g/mol. The van der Waals surface area contributed by atoms with Gasteiger partial charge in [-0.3, -0.25) is 9.20 Å². The van der Waals surface area contributed by atoms with Crippen LogP contribution in [0.1, 0.15) is 46.0 Å². The zero-order valence-corrected chi connectivity index (χ0v) is 17.9. The molecule has 7 nitrogen and oxygen atoms in total. The molecule has 1 N–H and O–H groups in total. The SMILES string of the molecule is CCN(CC)CCOC(=O)c1ccc(NC(=O)c2c(C)nc3cc(C)ccn23)cc1. The highest BCUT2D eigenvalue weighted by atomic mass is 16.5. The molecule has 0 aliphatic carbocycles. The lowest BCUT2D eigenvalue weighted by Crippen LogP contribution is -2.27. The van der Waals surface area contributed by atoms with E-state index in [1.165, 1.54) is 0 Å². The second-order valence-electron chi connectivity index (χ2n) is 7.17. The average Bonchev–Trinajstić information content (AvgIpc) is 3.06. The molecule has 1 amide bonds. The van der Waals surface area contributed by atoms with Gasteiger partial charge in [0.05, 0.1) is 11.3 Å². The van der Waals surface area contributed by atoms with Gasteiger partial charge in [0.25, 0.3) is 5.91 Å². The number of esters is 1. The molecule has 1 aromatic carbocycles.